The number of aromatic amines is 1. The molecule has 13 heteroatoms. The Kier molecular flexibility index (Phi) is 12.3. The van der Waals surface area contributed by atoms with Crippen molar-refractivity contribution in [3.05, 3.63) is 107 Å². The highest BCUT2D eigenvalue weighted by Gasteiger charge is 2.34. The smallest absolute Gasteiger partial charge is 0.337 e. The second kappa shape index (κ2) is 16.6. The van der Waals surface area contributed by atoms with E-state index in [0.717, 1.165) is 60.3 Å². The summed E-state index contributed by atoms with van der Waals surface area (Å²) in [6, 6.07) is 15.2. The molecular formula is C35H38N4O8S. The van der Waals surface area contributed by atoms with Gasteiger partial charge >= 0.3 is 5.97 Å². The van der Waals surface area contributed by atoms with Crippen LogP contribution in [0.5, 0.6) is 5.75 Å². The summed E-state index contributed by atoms with van der Waals surface area (Å²) in [5.74, 6) is -2.50. The number of phenols is 1. The number of hydrogen-bond donors (Lipinski definition) is 4. The first-order valence-electron chi connectivity index (χ1n) is 15.5. The van der Waals surface area contributed by atoms with Crippen molar-refractivity contribution in [3.63, 3.8) is 0 Å². The molecule has 0 aliphatic heterocycles. The number of amides is 2. The normalized spacial score (nSPS) is 11.9. The molecule has 1 atom stereocenters. The molecule has 0 aliphatic rings. The summed E-state index contributed by atoms with van der Waals surface area (Å²) in [4.78, 5) is 47.7. The number of H-pyrrole nitrogens is 1. The third-order valence-corrected chi connectivity index (χ3v) is 8.86. The van der Waals surface area contributed by atoms with Crippen LogP contribution in [0.4, 0.5) is 0 Å². The maximum Gasteiger partial charge on any atom is 0.337 e. The summed E-state index contributed by atoms with van der Waals surface area (Å²) < 4.78 is 38.4. The highest BCUT2D eigenvalue weighted by Crippen LogP contribution is 2.30. The molecular weight excluding hydrogens is 636 g/mol. The first kappa shape index (κ1) is 35.7. The number of unbranched alkanes of at least 4 members (excludes halogenated alkanes) is 4. The number of rotatable bonds is 16. The van der Waals surface area contributed by atoms with E-state index < -0.39 is 50.2 Å². The molecule has 12 nitrogen and oxygen atoms in total. The van der Waals surface area contributed by atoms with Gasteiger partial charge in [-0.25, -0.2) is 11.4 Å². The number of hydrogen-bond acceptors (Lipinski definition) is 7. The quantitative estimate of drug-likeness (QED) is 0.0536. The summed E-state index contributed by atoms with van der Waals surface area (Å²) in [5, 5.41) is 14.5. The zero-order valence-electron chi connectivity index (χ0n) is 26.5. The lowest BCUT2D eigenvalue weighted by atomic mass is 9.99. The number of aromatic hydroxyl groups is 1. The van der Waals surface area contributed by atoms with E-state index in [2.05, 4.69) is 15.1 Å². The van der Waals surface area contributed by atoms with Gasteiger partial charge in [0.25, 0.3) is 16.0 Å². The fourth-order valence-electron chi connectivity index (χ4n) is 5.48. The number of ether oxygens (including phenoxy) is 1. The largest absolute Gasteiger partial charge is 0.507 e. The van der Waals surface area contributed by atoms with E-state index in [4.69, 9.17) is 11.3 Å². The molecule has 3 aromatic carbocycles. The van der Waals surface area contributed by atoms with Crippen molar-refractivity contribution in [2.24, 2.45) is 0 Å². The summed E-state index contributed by atoms with van der Waals surface area (Å²) >= 11 is 0. The molecule has 4 N–H and O–H groups in total. The Morgan fingerprint density at radius 3 is 2.42 bits per heavy atom. The molecule has 1 heterocycles. The van der Waals surface area contributed by atoms with E-state index in [1.54, 1.807) is 0 Å². The minimum Gasteiger partial charge on any atom is -0.507 e. The Hall–Kier alpha value is -5.19. The fraction of sp³-hybridized carbons (Fsp3) is 0.314. The predicted octanol–water partition coefficient (Wildman–Crippen LogP) is 5.32. The van der Waals surface area contributed by atoms with Crippen LogP contribution in [0.1, 0.15) is 70.0 Å². The van der Waals surface area contributed by atoms with Gasteiger partial charge in [-0.15, -0.1) is 0 Å². The summed E-state index contributed by atoms with van der Waals surface area (Å²) in [6.45, 7) is 7.66. The molecule has 48 heavy (non-hydrogen) atoms. The number of aromatic nitrogens is 1. The number of nitrogens with one attached hydrogen (secondary N) is 2. The summed E-state index contributed by atoms with van der Waals surface area (Å²) in [6.07, 6.45) is 6.22. The van der Waals surface area contributed by atoms with E-state index in [9.17, 15) is 32.5 Å². The molecule has 4 rings (SSSR count). The van der Waals surface area contributed by atoms with Crippen molar-refractivity contribution < 1.29 is 37.2 Å². The molecule has 0 fully saturated rings. The van der Waals surface area contributed by atoms with Gasteiger partial charge in [0.05, 0.1) is 23.1 Å². The van der Waals surface area contributed by atoms with Crippen LogP contribution < -0.4 is 5.32 Å². The average molecular weight is 675 g/mol. The number of para-hydroxylation sites is 1. The van der Waals surface area contributed by atoms with E-state index in [-0.39, 0.29) is 18.5 Å². The van der Waals surface area contributed by atoms with E-state index in [1.807, 2.05) is 30.5 Å². The molecule has 0 radical (unpaired) electrons. The zero-order chi connectivity index (χ0) is 34.7. The Balaban J connectivity index is 1.72. The molecule has 1 unspecified atom stereocenters. The number of benzene rings is 3. The van der Waals surface area contributed by atoms with Crippen LogP contribution >= 0.6 is 0 Å². The summed E-state index contributed by atoms with van der Waals surface area (Å²) in [7, 11) is -3.48. The van der Waals surface area contributed by atoms with Crippen LogP contribution in [-0.4, -0.2) is 72.5 Å². The lowest BCUT2D eigenvalue weighted by Gasteiger charge is -2.32. The van der Waals surface area contributed by atoms with Gasteiger partial charge in [-0.05, 0) is 66.8 Å². The molecule has 252 valence electrons. The highest BCUT2D eigenvalue weighted by atomic mass is 32.2. The first-order valence-corrected chi connectivity index (χ1v) is 16.9. The molecule has 0 saturated carbocycles. The van der Waals surface area contributed by atoms with Crippen LogP contribution in [0, 0.1) is 6.57 Å². The molecule has 2 amide bonds. The third kappa shape index (κ3) is 8.99. The highest BCUT2D eigenvalue weighted by molar-refractivity contribution is 7.85. The zero-order valence-corrected chi connectivity index (χ0v) is 27.3. The van der Waals surface area contributed by atoms with Crippen LogP contribution in [0.25, 0.3) is 15.7 Å². The van der Waals surface area contributed by atoms with Crippen LogP contribution in [-0.2, 0) is 26.1 Å². The van der Waals surface area contributed by atoms with Crippen molar-refractivity contribution in [1.29, 1.82) is 0 Å². The van der Waals surface area contributed by atoms with Gasteiger partial charge < -0.3 is 29.9 Å². The first-order chi connectivity index (χ1) is 23.0. The van der Waals surface area contributed by atoms with Crippen LogP contribution in [0.2, 0.25) is 0 Å². The van der Waals surface area contributed by atoms with Gasteiger partial charge in [0, 0.05) is 36.6 Å². The minimum atomic E-state index is -4.73. The fourth-order valence-corrected chi connectivity index (χ4v) is 5.98. The number of methoxy groups -OCH3 is 1. The molecule has 0 spiro atoms. The molecule has 4 aromatic rings. The maximum absolute atomic E-state index is 14.3. The SMILES string of the molecule is [C-]#[N+]CCCCCCCNC(=O)C(c1ccc(C(=O)OC)cc1)N(CCc1c[nH]c2ccccc12)C(=O)c1cc(S(=O)(=O)O)ccc1O. The molecule has 1 aromatic heterocycles. The third-order valence-electron chi connectivity index (χ3n) is 8.01. The van der Waals surface area contributed by atoms with Gasteiger partial charge in [-0.3, -0.25) is 14.1 Å². The lowest BCUT2D eigenvalue weighted by molar-refractivity contribution is -0.126. The van der Waals surface area contributed by atoms with E-state index in [0.29, 0.717) is 25.1 Å². The lowest BCUT2D eigenvalue weighted by Crippen LogP contribution is -2.45. The molecule has 0 saturated heterocycles. The summed E-state index contributed by atoms with van der Waals surface area (Å²) in [5.41, 5.74) is 1.90. The molecule has 0 bridgehead atoms. The van der Waals surface area contributed by atoms with Gasteiger partial charge in [-0.1, -0.05) is 43.2 Å². The maximum atomic E-state index is 14.3. The number of carbonyl (C=O) groups excluding carboxylic acids is 3. The number of carbonyl (C=O) groups is 3. The molecule has 0 aliphatic carbocycles. The van der Waals surface area contributed by atoms with Crippen molar-refractivity contribution in [3.8, 4) is 5.75 Å². The van der Waals surface area contributed by atoms with Crippen LogP contribution in [0.3, 0.4) is 0 Å². The topological polar surface area (TPSA) is 170 Å². The van der Waals surface area contributed by atoms with Crippen molar-refractivity contribution >= 4 is 38.8 Å². The Morgan fingerprint density at radius 2 is 1.71 bits per heavy atom. The Labute approximate surface area is 279 Å². The second-order valence-electron chi connectivity index (χ2n) is 11.2. The Morgan fingerprint density at radius 1 is 1.00 bits per heavy atom. The predicted molar refractivity (Wildman–Crippen MR) is 179 cm³/mol. The van der Waals surface area contributed by atoms with Crippen molar-refractivity contribution in [2.45, 2.75) is 49.5 Å². The van der Waals surface area contributed by atoms with E-state index >= 15 is 0 Å². The van der Waals surface area contributed by atoms with Gasteiger partial charge in [0.2, 0.25) is 12.5 Å². The number of nitrogens with zero attached hydrogens (tertiary/aromatic N) is 2. The average Bonchev–Trinajstić information content (AvgIpc) is 3.50. The van der Waals surface area contributed by atoms with Crippen molar-refractivity contribution in [2.75, 3.05) is 26.7 Å². The number of esters is 1. The minimum absolute atomic E-state index is 0.0336. The van der Waals surface area contributed by atoms with Crippen molar-refractivity contribution in [1.82, 2.24) is 15.2 Å². The van der Waals surface area contributed by atoms with Gasteiger partial charge in [0.1, 0.15) is 11.8 Å². The number of fused-ring (bicyclic) bond motifs is 1. The second-order valence-corrected chi connectivity index (χ2v) is 12.6. The van der Waals surface area contributed by atoms with Gasteiger partial charge in [-0.2, -0.15) is 8.42 Å². The Bertz CT molecular complexity index is 1900. The monoisotopic (exact) mass is 674 g/mol. The van der Waals surface area contributed by atoms with Gasteiger partial charge in [0.15, 0.2) is 0 Å². The number of phenolic OH excluding ortho intramolecular Hbond substituents is 1. The van der Waals surface area contributed by atoms with E-state index in [1.165, 1.54) is 36.3 Å². The van der Waals surface area contributed by atoms with Crippen LogP contribution in [0.15, 0.2) is 77.8 Å². The standard InChI is InChI=1S/C35H38N4O8S/c1-36-19-8-4-3-5-9-20-37-33(41)32(24-12-14-25(15-13-24)35(43)47-2)39(21-18-26-23-38-30-11-7-6-10-28(26)30)34(42)29-22-27(48(44,45)46)16-17-31(29)40/h6-7,10-17,22-23,32,38,40H,3-5,8-9,18-21H2,2H3,(H,37,41)(H,44,45,46).